The van der Waals surface area contributed by atoms with Gasteiger partial charge in [-0.3, -0.25) is 0 Å². The highest BCUT2D eigenvalue weighted by Crippen LogP contribution is 2.42. The zero-order chi connectivity index (χ0) is 14.9. The number of thioether (sulfide) groups is 1. The van der Waals surface area contributed by atoms with Crippen LogP contribution in [0.4, 0.5) is 10.1 Å². The number of aliphatic carboxylic acids is 1. The van der Waals surface area contributed by atoms with Crippen LogP contribution in [0.5, 0.6) is 0 Å². The van der Waals surface area contributed by atoms with Crippen molar-refractivity contribution in [3.8, 4) is 0 Å². The van der Waals surface area contributed by atoms with Crippen LogP contribution >= 0.6 is 11.8 Å². The first-order chi connectivity index (χ1) is 10.1. The van der Waals surface area contributed by atoms with Crippen molar-refractivity contribution in [2.75, 3.05) is 11.1 Å². The van der Waals surface area contributed by atoms with Crippen molar-refractivity contribution in [2.24, 2.45) is 0 Å². The monoisotopic (exact) mass is 303 g/mol. The molecule has 0 bridgehead atoms. The fourth-order valence-electron chi connectivity index (χ4n) is 2.61. The summed E-state index contributed by atoms with van der Waals surface area (Å²) in [5.41, 5.74) is -0.00700. The molecule has 3 nitrogen and oxygen atoms in total. The molecule has 1 unspecified atom stereocenters. The summed E-state index contributed by atoms with van der Waals surface area (Å²) in [5.74, 6) is -0.635. The van der Waals surface area contributed by atoms with Gasteiger partial charge >= 0.3 is 5.97 Å². The van der Waals surface area contributed by atoms with Crippen LogP contribution in [-0.4, -0.2) is 16.8 Å². The molecule has 0 aromatic heterocycles. The van der Waals surface area contributed by atoms with E-state index in [9.17, 15) is 14.3 Å². The third-order valence-corrected chi connectivity index (χ3v) is 4.70. The molecule has 2 aromatic carbocycles. The molecule has 108 valence electrons. The first-order valence-electron chi connectivity index (χ1n) is 6.61. The molecule has 0 spiro atoms. The van der Waals surface area contributed by atoms with E-state index in [1.807, 2.05) is 24.3 Å². The summed E-state index contributed by atoms with van der Waals surface area (Å²) in [7, 11) is 0. The topological polar surface area (TPSA) is 49.3 Å². The van der Waals surface area contributed by atoms with Gasteiger partial charge in [0, 0.05) is 21.9 Å². The molecule has 5 heteroatoms. The van der Waals surface area contributed by atoms with Gasteiger partial charge in [0.2, 0.25) is 0 Å². The second kappa shape index (κ2) is 5.41. The summed E-state index contributed by atoms with van der Waals surface area (Å²) in [4.78, 5) is 12.9. The Kier molecular flexibility index (Phi) is 3.59. The molecular weight excluding hydrogens is 289 g/mol. The molecule has 0 amide bonds. The zero-order valence-corrected chi connectivity index (χ0v) is 12.0. The molecule has 0 saturated carbocycles. The van der Waals surface area contributed by atoms with Crippen molar-refractivity contribution in [3.05, 3.63) is 59.9 Å². The molecule has 1 heterocycles. The summed E-state index contributed by atoms with van der Waals surface area (Å²) in [6.07, 6.45) is 0.445. The Morgan fingerprint density at radius 3 is 2.81 bits per heavy atom. The standard InChI is InChI=1S/C16H14FNO2S/c17-11-4-3-5-12(10-11)18-16(15(19)20)8-9-21-14-7-2-1-6-13(14)16/h1-7,10,18H,8-9H2,(H,19,20). The third-order valence-electron chi connectivity index (χ3n) is 3.63. The van der Waals surface area contributed by atoms with Crippen LogP contribution in [0.25, 0.3) is 0 Å². The summed E-state index contributed by atoms with van der Waals surface area (Å²) in [5, 5.41) is 12.8. The number of halogens is 1. The molecule has 0 radical (unpaired) electrons. The van der Waals surface area contributed by atoms with Crippen molar-refractivity contribution >= 4 is 23.4 Å². The Balaban J connectivity index is 2.08. The predicted molar refractivity (Wildman–Crippen MR) is 81.1 cm³/mol. The first kappa shape index (κ1) is 13.9. The van der Waals surface area contributed by atoms with Gasteiger partial charge in [-0.1, -0.05) is 24.3 Å². The molecule has 0 saturated heterocycles. The lowest BCUT2D eigenvalue weighted by atomic mass is 9.86. The summed E-state index contributed by atoms with van der Waals surface area (Å²) >= 11 is 1.64. The number of fused-ring (bicyclic) bond motifs is 1. The highest BCUT2D eigenvalue weighted by molar-refractivity contribution is 7.99. The molecule has 21 heavy (non-hydrogen) atoms. The van der Waals surface area contributed by atoms with Gasteiger partial charge in [-0.15, -0.1) is 11.8 Å². The van der Waals surface area contributed by atoms with E-state index in [4.69, 9.17) is 0 Å². The summed E-state index contributed by atoms with van der Waals surface area (Å²) in [6.45, 7) is 0. The van der Waals surface area contributed by atoms with E-state index in [1.165, 1.54) is 12.1 Å². The Morgan fingerprint density at radius 1 is 1.24 bits per heavy atom. The third kappa shape index (κ3) is 2.49. The van der Waals surface area contributed by atoms with Gasteiger partial charge in [-0.2, -0.15) is 0 Å². The molecule has 3 rings (SSSR count). The number of nitrogens with one attached hydrogen (secondary N) is 1. The van der Waals surface area contributed by atoms with Crippen molar-refractivity contribution < 1.29 is 14.3 Å². The van der Waals surface area contributed by atoms with Gasteiger partial charge in [-0.25, -0.2) is 9.18 Å². The predicted octanol–water partition coefficient (Wildman–Crippen LogP) is 3.71. The van der Waals surface area contributed by atoms with E-state index in [1.54, 1.807) is 23.9 Å². The van der Waals surface area contributed by atoms with Crippen LogP contribution in [0.1, 0.15) is 12.0 Å². The average molecular weight is 303 g/mol. The molecule has 0 aliphatic carbocycles. The maximum Gasteiger partial charge on any atom is 0.334 e. The van der Waals surface area contributed by atoms with E-state index in [0.717, 1.165) is 10.5 Å². The van der Waals surface area contributed by atoms with E-state index < -0.39 is 11.5 Å². The molecule has 1 aliphatic rings. The van der Waals surface area contributed by atoms with Gasteiger partial charge < -0.3 is 10.4 Å². The first-order valence-corrected chi connectivity index (χ1v) is 7.60. The van der Waals surface area contributed by atoms with E-state index in [0.29, 0.717) is 17.9 Å². The number of anilines is 1. The Morgan fingerprint density at radius 2 is 2.05 bits per heavy atom. The van der Waals surface area contributed by atoms with Crippen LogP contribution in [0, 0.1) is 5.82 Å². The SMILES string of the molecule is O=C(O)C1(Nc2cccc(F)c2)CCSc2ccccc21. The average Bonchev–Trinajstić information content (AvgIpc) is 2.47. The summed E-state index contributed by atoms with van der Waals surface area (Å²) < 4.78 is 13.4. The van der Waals surface area contributed by atoms with E-state index >= 15 is 0 Å². The van der Waals surface area contributed by atoms with Crippen molar-refractivity contribution in [2.45, 2.75) is 16.9 Å². The molecule has 0 fully saturated rings. The number of benzene rings is 2. The van der Waals surface area contributed by atoms with Crippen molar-refractivity contribution in [1.82, 2.24) is 0 Å². The van der Waals surface area contributed by atoms with Gasteiger partial charge in [0.25, 0.3) is 0 Å². The quantitative estimate of drug-likeness (QED) is 0.907. The summed E-state index contributed by atoms with van der Waals surface area (Å²) in [6, 6.07) is 13.4. The van der Waals surface area contributed by atoms with Gasteiger partial charge in [0.05, 0.1) is 0 Å². The zero-order valence-electron chi connectivity index (χ0n) is 11.2. The minimum Gasteiger partial charge on any atom is -0.479 e. The largest absolute Gasteiger partial charge is 0.479 e. The van der Waals surface area contributed by atoms with Crippen LogP contribution < -0.4 is 5.32 Å². The minimum absolute atomic E-state index is 0.390. The second-order valence-electron chi connectivity index (χ2n) is 4.94. The number of hydrogen-bond donors (Lipinski definition) is 2. The fourth-order valence-corrected chi connectivity index (χ4v) is 3.81. The lowest BCUT2D eigenvalue weighted by molar-refractivity contribution is -0.143. The number of carboxylic acids is 1. The Bertz CT molecular complexity index is 691. The molecule has 1 aliphatic heterocycles. The van der Waals surface area contributed by atoms with E-state index in [-0.39, 0.29) is 5.82 Å². The number of hydrogen-bond acceptors (Lipinski definition) is 3. The van der Waals surface area contributed by atoms with Crippen LogP contribution in [0.15, 0.2) is 53.4 Å². The Labute approximate surface area is 126 Å². The van der Waals surface area contributed by atoms with Crippen molar-refractivity contribution in [1.29, 1.82) is 0 Å². The normalized spacial score (nSPS) is 20.6. The Hall–Kier alpha value is -2.01. The van der Waals surface area contributed by atoms with Crippen molar-refractivity contribution in [3.63, 3.8) is 0 Å². The van der Waals surface area contributed by atoms with Crippen LogP contribution in [0.3, 0.4) is 0 Å². The number of carbonyl (C=O) groups is 1. The van der Waals surface area contributed by atoms with Gasteiger partial charge in [0.15, 0.2) is 5.54 Å². The smallest absolute Gasteiger partial charge is 0.334 e. The number of carboxylic acid groups (broad SMARTS) is 1. The molecule has 2 N–H and O–H groups in total. The van der Waals surface area contributed by atoms with Crippen LogP contribution in [-0.2, 0) is 10.3 Å². The lowest BCUT2D eigenvalue weighted by Gasteiger charge is -2.36. The molecule has 1 atom stereocenters. The second-order valence-corrected chi connectivity index (χ2v) is 6.08. The lowest BCUT2D eigenvalue weighted by Crippen LogP contribution is -2.45. The molecular formula is C16H14FNO2S. The van der Waals surface area contributed by atoms with E-state index in [2.05, 4.69) is 5.32 Å². The maximum absolute atomic E-state index is 13.4. The molecule has 2 aromatic rings. The van der Waals surface area contributed by atoms with Gasteiger partial charge in [0.1, 0.15) is 5.82 Å². The fraction of sp³-hybridized carbons (Fsp3) is 0.188. The highest BCUT2D eigenvalue weighted by Gasteiger charge is 2.44. The number of rotatable bonds is 3. The maximum atomic E-state index is 13.4. The minimum atomic E-state index is -1.21. The van der Waals surface area contributed by atoms with Gasteiger partial charge in [-0.05, 0) is 30.7 Å². The van der Waals surface area contributed by atoms with Crippen LogP contribution in [0.2, 0.25) is 0 Å². The highest BCUT2D eigenvalue weighted by atomic mass is 32.2.